The second kappa shape index (κ2) is 5.01. The third-order valence-corrected chi connectivity index (χ3v) is 3.63. The van der Waals surface area contributed by atoms with Crippen LogP contribution in [0.1, 0.15) is 12.0 Å². The van der Waals surface area contributed by atoms with Gasteiger partial charge in [0, 0.05) is 16.5 Å². The standard InChI is InChI=1S/C12H7Cl4/c13-8-2-4-10(14)9(6-8)7-1-3-11(15)12(16)5-7/h1,3-6H,2H2. The lowest BCUT2D eigenvalue weighted by atomic mass is 9.99. The van der Waals surface area contributed by atoms with Crippen molar-refractivity contribution in [2.75, 3.05) is 0 Å². The molecule has 0 amide bonds. The Hall–Kier alpha value is -0.140. The van der Waals surface area contributed by atoms with Gasteiger partial charge in [-0.15, -0.1) is 0 Å². The van der Waals surface area contributed by atoms with Gasteiger partial charge in [-0.3, -0.25) is 0 Å². The van der Waals surface area contributed by atoms with E-state index in [2.05, 4.69) is 0 Å². The fraction of sp³-hybridized carbons (Fsp3) is 0.0833. The second-order valence-corrected chi connectivity index (χ2v) is 5.10. The van der Waals surface area contributed by atoms with Crippen LogP contribution in [0.5, 0.6) is 0 Å². The average Bonchev–Trinajstić information content (AvgIpc) is 2.26. The smallest absolute Gasteiger partial charge is 0.0598 e. The first-order valence-corrected chi connectivity index (χ1v) is 6.13. The van der Waals surface area contributed by atoms with E-state index >= 15 is 0 Å². The fourth-order valence-electron chi connectivity index (χ4n) is 1.47. The van der Waals surface area contributed by atoms with Gasteiger partial charge in [0.25, 0.3) is 0 Å². The molecule has 4 heteroatoms. The Morgan fingerprint density at radius 2 is 1.69 bits per heavy atom. The molecule has 0 saturated heterocycles. The quantitative estimate of drug-likeness (QED) is 0.625. The zero-order valence-electron chi connectivity index (χ0n) is 8.11. The number of halogens is 4. The molecule has 0 aromatic heterocycles. The summed E-state index contributed by atoms with van der Waals surface area (Å²) < 4.78 is 0. The zero-order chi connectivity index (χ0) is 11.7. The molecule has 1 aliphatic carbocycles. The van der Waals surface area contributed by atoms with E-state index in [1.54, 1.807) is 12.1 Å². The van der Waals surface area contributed by atoms with E-state index in [0.717, 1.165) is 16.2 Å². The van der Waals surface area contributed by atoms with Crippen molar-refractivity contribution in [1.29, 1.82) is 0 Å². The number of allylic oxidation sites excluding steroid dienone is 4. The van der Waals surface area contributed by atoms with Crippen molar-refractivity contribution < 1.29 is 0 Å². The van der Waals surface area contributed by atoms with Crippen LogP contribution >= 0.6 is 46.4 Å². The molecule has 83 valence electrons. The van der Waals surface area contributed by atoms with Gasteiger partial charge in [0.2, 0.25) is 0 Å². The van der Waals surface area contributed by atoms with Gasteiger partial charge in [0.05, 0.1) is 10.0 Å². The van der Waals surface area contributed by atoms with Gasteiger partial charge in [-0.05, 0) is 35.8 Å². The van der Waals surface area contributed by atoms with E-state index in [-0.39, 0.29) is 0 Å². The van der Waals surface area contributed by atoms with Crippen LogP contribution in [0.2, 0.25) is 10.0 Å². The molecule has 0 saturated carbocycles. The van der Waals surface area contributed by atoms with Crippen LogP contribution in [-0.4, -0.2) is 0 Å². The number of benzene rings is 1. The van der Waals surface area contributed by atoms with E-state index in [1.165, 1.54) is 0 Å². The molecule has 0 fully saturated rings. The number of hydrogen-bond acceptors (Lipinski definition) is 0. The molecule has 0 nitrogen and oxygen atoms in total. The SMILES string of the molecule is ClC1=CC(c2ccc(Cl)c(Cl)c2)=C(Cl)[CH]C1. The third-order valence-electron chi connectivity index (χ3n) is 2.27. The summed E-state index contributed by atoms with van der Waals surface area (Å²) >= 11 is 23.9. The van der Waals surface area contributed by atoms with Crippen LogP contribution in [0, 0.1) is 6.42 Å². The molecule has 2 rings (SSSR count). The number of hydrogen-bond donors (Lipinski definition) is 0. The van der Waals surface area contributed by atoms with Crippen molar-refractivity contribution in [2.24, 2.45) is 0 Å². The van der Waals surface area contributed by atoms with Crippen molar-refractivity contribution in [1.82, 2.24) is 0 Å². The molecule has 1 aromatic rings. The van der Waals surface area contributed by atoms with Crippen LogP contribution in [0.3, 0.4) is 0 Å². The van der Waals surface area contributed by atoms with Crippen molar-refractivity contribution in [3.8, 4) is 0 Å². The predicted octanol–water partition coefficient (Wildman–Crippen LogP) is 5.67. The first-order chi connectivity index (χ1) is 7.58. The highest BCUT2D eigenvalue weighted by molar-refractivity contribution is 6.42. The minimum Gasteiger partial charge on any atom is -0.0891 e. The maximum absolute atomic E-state index is 6.12. The van der Waals surface area contributed by atoms with Crippen LogP contribution in [0.4, 0.5) is 0 Å². The van der Waals surface area contributed by atoms with Gasteiger partial charge in [0.15, 0.2) is 0 Å². The summed E-state index contributed by atoms with van der Waals surface area (Å²) in [6.07, 6.45) is 4.40. The molecule has 0 atom stereocenters. The Bertz CT molecular complexity index is 486. The molecular weight excluding hydrogens is 286 g/mol. The molecule has 0 bridgehead atoms. The normalized spacial score (nSPS) is 16.4. The van der Waals surface area contributed by atoms with Crippen molar-refractivity contribution in [3.63, 3.8) is 0 Å². The molecular formula is C12H7Cl4. The van der Waals surface area contributed by atoms with Crippen LogP contribution in [-0.2, 0) is 0 Å². The lowest BCUT2D eigenvalue weighted by molar-refractivity contribution is 1.22. The maximum Gasteiger partial charge on any atom is 0.0598 e. The zero-order valence-corrected chi connectivity index (χ0v) is 11.1. The molecule has 1 aromatic carbocycles. The Labute approximate surface area is 114 Å². The minimum absolute atomic E-state index is 0.506. The first kappa shape index (κ1) is 12.3. The van der Waals surface area contributed by atoms with Crippen molar-refractivity contribution in [2.45, 2.75) is 6.42 Å². The highest BCUT2D eigenvalue weighted by Gasteiger charge is 2.13. The van der Waals surface area contributed by atoms with E-state index in [4.69, 9.17) is 46.4 Å². The molecule has 0 unspecified atom stereocenters. The molecule has 0 spiro atoms. The molecule has 0 N–H and O–H groups in total. The van der Waals surface area contributed by atoms with E-state index in [9.17, 15) is 0 Å². The summed E-state index contributed by atoms with van der Waals surface area (Å²) in [6.45, 7) is 0. The van der Waals surface area contributed by atoms with E-state index in [1.807, 2.05) is 18.6 Å². The summed E-state index contributed by atoms with van der Waals surface area (Å²) in [5.41, 5.74) is 1.78. The van der Waals surface area contributed by atoms with E-state index in [0.29, 0.717) is 21.5 Å². The molecule has 0 aliphatic heterocycles. The Morgan fingerprint density at radius 3 is 2.38 bits per heavy atom. The fourth-order valence-corrected chi connectivity index (χ4v) is 2.19. The van der Waals surface area contributed by atoms with E-state index < -0.39 is 0 Å². The van der Waals surface area contributed by atoms with Crippen LogP contribution in [0.25, 0.3) is 5.57 Å². The molecule has 1 aliphatic rings. The molecule has 16 heavy (non-hydrogen) atoms. The van der Waals surface area contributed by atoms with Gasteiger partial charge >= 0.3 is 0 Å². The van der Waals surface area contributed by atoms with Gasteiger partial charge in [-0.2, -0.15) is 0 Å². The second-order valence-electron chi connectivity index (χ2n) is 3.39. The Balaban J connectivity index is 2.48. The summed E-state index contributed by atoms with van der Waals surface area (Å²) in [5, 5.41) is 2.47. The lowest BCUT2D eigenvalue weighted by Crippen LogP contribution is -1.93. The summed E-state index contributed by atoms with van der Waals surface area (Å²) in [5.74, 6) is 0. The maximum atomic E-state index is 6.12. The van der Waals surface area contributed by atoms with Crippen molar-refractivity contribution in [3.05, 3.63) is 56.4 Å². The number of rotatable bonds is 1. The largest absolute Gasteiger partial charge is 0.0891 e. The average molecular weight is 293 g/mol. The predicted molar refractivity (Wildman–Crippen MR) is 72.1 cm³/mol. The van der Waals surface area contributed by atoms with Crippen molar-refractivity contribution >= 4 is 52.0 Å². The molecule has 1 radical (unpaired) electrons. The summed E-state index contributed by atoms with van der Waals surface area (Å²) in [6, 6.07) is 5.39. The molecule has 0 heterocycles. The summed E-state index contributed by atoms with van der Waals surface area (Å²) in [7, 11) is 0. The highest BCUT2D eigenvalue weighted by Crippen LogP contribution is 2.35. The highest BCUT2D eigenvalue weighted by atomic mass is 35.5. The topological polar surface area (TPSA) is 0 Å². The lowest BCUT2D eigenvalue weighted by Gasteiger charge is -2.13. The van der Waals surface area contributed by atoms with Gasteiger partial charge in [0.1, 0.15) is 0 Å². The first-order valence-electron chi connectivity index (χ1n) is 4.62. The Kier molecular flexibility index (Phi) is 3.86. The van der Waals surface area contributed by atoms with Gasteiger partial charge in [-0.1, -0.05) is 52.5 Å². The van der Waals surface area contributed by atoms with Crippen LogP contribution < -0.4 is 0 Å². The summed E-state index contributed by atoms with van der Waals surface area (Å²) in [4.78, 5) is 0. The third kappa shape index (κ3) is 2.57. The Morgan fingerprint density at radius 1 is 0.938 bits per heavy atom. The minimum atomic E-state index is 0.506. The van der Waals surface area contributed by atoms with Gasteiger partial charge in [-0.25, -0.2) is 0 Å². The van der Waals surface area contributed by atoms with Gasteiger partial charge < -0.3 is 0 Å². The van der Waals surface area contributed by atoms with Crippen LogP contribution in [0.15, 0.2) is 34.3 Å². The monoisotopic (exact) mass is 291 g/mol.